The van der Waals surface area contributed by atoms with E-state index >= 15 is 0 Å². The first-order valence-electron chi connectivity index (χ1n) is 3.52. The van der Waals surface area contributed by atoms with Crippen molar-refractivity contribution < 1.29 is 9.59 Å². The fourth-order valence-corrected chi connectivity index (χ4v) is 0.542. The highest BCUT2D eigenvalue weighted by Crippen LogP contribution is 1.92. The largest absolute Gasteiger partial charge is 0.350 e. The van der Waals surface area contributed by atoms with Crippen molar-refractivity contribution in [2.24, 2.45) is 0 Å². The Morgan fingerprint density at radius 3 is 2.55 bits per heavy atom. The van der Waals surface area contributed by atoms with E-state index in [1.54, 1.807) is 11.9 Å². The smallest absolute Gasteiger partial charge is 0.241 e. The van der Waals surface area contributed by atoms with Gasteiger partial charge in [-0.25, -0.2) is 0 Å². The van der Waals surface area contributed by atoms with Crippen molar-refractivity contribution in [2.45, 2.75) is 19.9 Å². The number of carbonyl (C=O) groups excluding carboxylic acids is 2. The molecular formula is C7H14N2O2. The number of likely N-dealkylation sites (N-methyl/N-ethyl adjacent to an activating group) is 1. The summed E-state index contributed by atoms with van der Waals surface area (Å²) in [7, 11) is 1.71. The molecule has 11 heavy (non-hydrogen) atoms. The van der Waals surface area contributed by atoms with Crippen LogP contribution < -0.4 is 5.32 Å². The molecule has 0 rings (SSSR count). The average molecular weight is 158 g/mol. The van der Waals surface area contributed by atoms with Gasteiger partial charge in [-0.15, -0.1) is 0 Å². The highest BCUT2D eigenvalue weighted by molar-refractivity contribution is 5.79. The van der Waals surface area contributed by atoms with E-state index in [0.29, 0.717) is 6.41 Å². The Morgan fingerprint density at radius 2 is 2.18 bits per heavy atom. The average Bonchev–Trinajstić information content (AvgIpc) is 1.98. The summed E-state index contributed by atoms with van der Waals surface area (Å²) in [5.41, 5.74) is 0. The molecule has 64 valence electrons. The lowest BCUT2D eigenvalue weighted by molar-refractivity contribution is -0.131. The Balaban J connectivity index is 3.73. The Kier molecular flexibility index (Phi) is 4.26. The Morgan fingerprint density at radius 1 is 1.64 bits per heavy atom. The molecule has 0 spiro atoms. The lowest BCUT2D eigenvalue weighted by Gasteiger charge is -2.20. The molecule has 4 heteroatoms. The number of hydrogen-bond donors (Lipinski definition) is 1. The monoisotopic (exact) mass is 158 g/mol. The molecule has 0 heterocycles. The molecular weight excluding hydrogens is 144 g/mol. The molecule has 0 unspecified atom stereocenters. The number of nitrogens with zero attached hydrogens (tertiary/aromatic N) is 1. The zero-order valence-electron chi connectivity index (χ0n) is 7.13. The standard InChI is InChI=1S/C7H14N2O2/c1-6(2)9(3)7(11)4-8-5-10/h5-6H,4H2,1-3H3,(H,8,10). The Bertz CT molecular complexity index is 145. The molecule has 1 N–H and O–H groups in total. The molecule has 0 aromatic carbocycles. The molecule has 0 saturated carbocycles. The fourth-order valence-electron chi connectivity index (χ4n) is 0.542. The summed E-state index contributed by atoms with van der Waals surface area (Å²) in [4.78, 5) is 22.4. The van der Waals surface area contributed by atoms with Gasteiger partial charge in [0, 0.05) is 13.1 Å². The first-order chi connectivity index (χ1) is 5.09. The first-order valence-corrected chi connectivity index (χ1v) is 3.52. The van der Waals surface area contributed by atoms with Crippen LogP contribution in [-0.4, -0.2) is 36.9 Å². The predicted octanol–water partition coefficient (Wildman–Crippen LogP) is -0.401. The fraction of sp³-hybridized carbons (Fsp3) is 0.714. The van der Waals surface area contributed by atoms with Gasteiger partial charge < -0.3 is 10.2 Å². The van der Waals surface area contributed by atoms with Crippen molar-refractivity contribution in [1.29, 1.82) is 0 Å². The van der Waals surface area contributed by atoms with Crippen molar-refractivity contribution in [3.05, 3.63) is 0 Å². The van der Waals surface area contributed by atoms with Crippen LogP contribution >= 0.6 is 0 Å². The molecule has 0 atom stereocenters. The van der Waals surface area contributed by atoms with E-state index in [9.17, 15) is 9.59 Å². The van der Waals surface area contributed by atoms with E-state index in [4.69, 9.17) is 0 Å². The first kappa shape index (κ1) is 9.94. The highest BCUT2D eigenvalue weighted by Gasteiger charge is 2.09. The third-order valence-electron chi connectivity index (χ3n) is 1.50. The lowest BCUT2D eigenvalue weighted by atomic mass is 10.3. The normalized spacial score (nSPS) is 9.45. The van der Waals surface area contributed by atoms with Gasteiger partial charge in [-0.2, -0.15) is 0 Å². The maximum absolute atomic E-state index is 11.0. The van der Waals surface area contributed by atoms with Gasteiger partial charge in [-0.1, -0.05) is 0 Å². The summed E-state index contributed by atoms with van der Waals surface area (Å²) in [6.07, 6.45) is 0.520. The van der Waals surface area contributed by atoms with Crippen LogP contribution in [0.5, 0.6) is 0 Å². The van der Waals surface area contributed by atoms with Crippen LogP contribution in [0, 0.1) is 0 Å². The van der Waals surface area contributed by atoms with Crippen LogP contribution in [-0.2, 0) is 9.59 Å². The second-order valence-electron chi connectivity index (χ2n) is 2.60. The number of carbonyl (C=O) groups is 2. The SMILES string of the molecule is CC(C)N(C)C(=O)CNC=O. The van der Waals surface area contributed by atoms with E-state index in [1.807, 2.05) is 13.8 Å². The van der Waals surface area contributed by atoms with Gasteiger partial charge in [0.2, 0.25) is 12.3 Å². The highest BCUT2D eigenvalue weighted by atomic mass is 16.2. The second-order valence-corrected chi connectivity index (χ2v) is 2.60. The molecule has 0 aromatic heterocycles. The van der Waals surface area contributed by atoms with Crippen LogP contribution in [0.3, 0.4) is 0 Å². The summed E-state index contributed by atoms with van der Waals surface area (Å²) in [6, 6.07) is 0.177. The summed E-state index contributed by atoms with van der Waals surface area (Å²) < 4.78 is 0. The van der Waals surface area contributed by atoms with Gasteiger partial charge in [-0.05, 0) is 13.8 Å². The van der Waals surface area contributed by atoms with E-state index in [0.717, 1.165) is 0 Å². The summed E-state index contributed by atoms with van der Waals surface area (Å²) >= 11 is 0. The maximum atomic E-state index is 11.0. The van der Waals surface area contributed by atoms with Gasteiger partial charge in [0.15, 0.2) is 0 Å². The number of nitrogens with one attached hydrogen (secondary N) is 1. The zero-order chi connectivity index (χ0) is 8.85. The van der Waals surface area contributed by atoms with E-state index in [-0.39, 0.29) is 18.5 Å². The van der Waals surface area contributed by atoms with Crippen molar-refractivity contribution >= 4 is 12.3 Å². The molecule has 0 fully saturated rings. The van der Waals surface area contributed by atoms with Gasteiger partial charge in [0.05, 0.1) is 6.54 Å². The Hall–Kier alpha value is -1.06. The summed E-state index contributed by atoms with van der Waals surface area (Å²) in [5, 5.41) is 2.31. The second kappa shape index (κ2) is 4.71. The van der Waals surface area contributed by atoms with E-state index < -0.39 is 0 Å². The molecule has 0 bridgehead atoms. The van der Waals surface area contributed by atoms with Crippen LogP contribution in [0.4, 0.5) is 0 Å². The van der Waals surface area contributed by atoms with Gasteiger partial charge >= 0.3 is 0 Å². The van der Waals surface area contributed by atoms with E-state index in [2.05, 4.69) is 5.32 Å². The summed E-state index contributed by atoms with van der Waals surface area (Å²) in [6.45, 7) is 3.91. The molecule has 0 aliphatic carbocycles. The van der Waals surface area contributed by atoms with Crippen molar-refractivity contribution in [3.63, 3.8) is 0 Å². The van der Waals surface area contributed by atoms with Crippen LogP contribution in [0.1, 0.15) is 13.8 Å². The number of rotatable bonds is 4. The Labute approximate surface area is 66.6 Å². The number of amides is 2. The molecule has 0 aliphatic heterocycles. The lowest BCUT2D eigenvalue weighted by Crippen LogP contribution is -2.39. The van der Waals surface area contributed by atoms with Crippen molar-refractivity contribution in [3.8, 4) is 0 Å². The molecule has 0 radical (unpaired) electrons. The molecule has 0 saturated heterocycles. The minimum absolute atomic E-state index is 0.0768. The van der Waals surface area contributed by atoms with Gasteiger partial charge in [0.1, 0.15) is 0 Å². The predicted molar refractivity (Wildman–Crippen MR) is 42.0 cm³/mol. The third-order valence-corrected chi connectivity index (χ3v) is 1.50. The van der Waals surface area contributed by atoms with Crippen LogP contribution in [0.15, 0.2) is 0 Å². The quantitative estimate of drug-likeness (QED) is 0.566. The molecule has 0 aliphatic rings. The number of hydrogen-bond acceptors (Lipinski definition) is 2. The van der Waals surface area contributed by atoms with Crippen LogP contribution in [0.25, 0.3) is 0 Å². The third kappa shape index (κ3) is 3.60. The minimum Gasteiger partial charge on any atom is -0.350 e. The van der Waals surface area contributed by atoms with E-state index in [1.165, 1.54) is 0 Å². The maximum Gasteiger partial charge on any atom is 0.241 e. The topological polar surface area (TPSA) is 49.4 Å². The van der Waals surface area contributed by atoms with Crippen molar-refractivity contribution in [1.82, 2.24) is 10.2 Å². The van der Waals surface area contributed by atoms with Gasteiger partial charge in [-0.3, -0.25) is 9.59 Å². The van der Waals surface area contributed by atoms with Gasteiger partial charge in [0.25, 0.3) is 0 Å². The summed E-state index contributed by atoms with van der Waals surface area (Å²) in [5.74, 6) is -0.0768. The van der Waals surface area contributed by atoms with Crippen LogP contribution in [0.2, 0.25) is 0 Å². The molecule has 0 aromatic rings. The molecule has 2 amide bonds. The van der Waals surface area contributed by atoms with Crippen molar-refractivity contribution in [2.75, 3.05) is 13.6 Å². The minimum atomic E-state index is -0.0768. The molecule has 4 nitrogen and oxygen atoms in total. The zero-order valence-corrected chi connectivity index (χ0v) is 7.13.